The molecule has 1 aliphatic heterocycles. The highest BCUT2D eigenvalue weighted by Crippen LogP contribution is 2.39. The van der Waals surface area contributed by atoms with Crippen molar-refractivity contribution in [2.75, 3.05) is 13.1 Å². The standard InChI is InChI=1S/C17H32N2/c18-13-17(15-7-2-1-3-8-15)19-12-6-10-14-9-4-5-11-16(14)19/h14-17H,1-13,18H2/t14-,16-,17?/m1/s1. The third-order valence-electron chi connectivity index (χ3n) is 6.15. The van der Waals surface area contributed by atoms with E-state index in [1.165, 1.54) is 77.2 Å². The molecule has 2 N–H and O–H groups in total. The first-order valence-corrected chi connectivity index (χ1v) is 8.86. The molecule has 0 amide bonds. The van der Waals surface area contributed by atoms with E-state index in [4.69, 9.17) is 5.73 Å². The van der Waals surface area contributed by atoms with Crippen LogP contribution in [0, 0.1) is 11.8 Å². The van der Waals surface area contributed by atoms with Gasteiger partial charge in [0.25, 0.3) is 0 Å². The van der Waals surface area contributed by atoms with Crippen molar-refractivity contribution < 1.29 is 0 Å². The summed E-state index contributed by atoms with van der Waals surface area (Å²) in [4.78, 5) is 2.88. The van der Waals surface area contributed by atoms with Crippen LogP contribution in [-0.4, -0.2) is 30.1 Å². The van der Waals surface area contributed by atoms with E-state index in [1.54, 1.807) is 0 Å². The molecule has 3 atom stereocenters. The smallest absolute Gasteiger partial charge is 0.0249 e. The summed E-state index contributed by atoms with van der Waals surface area (Å²) >= 11 is 0. The maximum atomic E-state index is 6.21. The van der Waals surface area contributed by atoms with E-state index in [9.17, 15) is 0 Å². The number of fused-ring (bicyclic) bond motifs is 1. The number of likely N-dealkylation sites (tertiary alicyclic amines) is 1. The van der Waals surface area contributed by atoms with Gasteiger partial charge < -0.3 is 5.73 Å². The second-order valence-corrected chi connectivity index (χ2v) is 7.19. The van der Waals surface area contributed by atoms with Crippen molar-refractivity contribution >= 4 is 0 Å². The Hall–Kier alpha value is -0.0800. The summed E-state index contributed by atoms with van der Waals surface area (Å²) in [5.41, 5.74) is 6.21. The second kappa shape index (κ2) is 6.58. The monoisotopic (exact) mass is 264 g/mol. The van der Waals surface area contributed by atoms with Crippen LogP contribution in [0.1, 0.15) is 70.6 Å². The zero-order valence-electron chi connectivity index (χ0n) is 12.5. The average Bonchev–Trinajstić information content (AvgIpc) is 2.49. The Morgan fingerprint density at radius 2 is 1.53 bits per heavy atom. The van der Waals surface area contributed by atoms with Crippen molar-refractivity contribution in [1.29, 1.82) is 0 Å². The average molecular weight is 264 g/mol. The lowest BCUT2D eigenvalue weighted by Gasteiger charge is -2.50. The summed E-state index contributed by atoms with van der Waals surface area (Å²) < 4.78 is 0. The van der Waals surface area contributed by atoms with E-state index in [2.05, 4.69) is 4.90 Å². The SMILES string of the molecule is NCC(C1CCCCC1)N1CCC[C@H]2CCCC[C@H]21. The third-order valence-corrected chi connectivity index (χ3v) is 6.15. The van der Waals surface area contributed by atoms with E-state index in [0.29, 0.717) is 6.04 Å². The first-order valence-electron chi connectivity index (χ1n) is 8.86. The van der Waals surface area contributed by atoms with Gasteiger partial charge >= 0.3 is 0 Å². The van der Waals surface area contributed by atoms with E-state index in [0.717, 1.165) is 24.4 Å². The van der Waals surface area contributed by atoms with Crippen molar-refractivity contribution in [3.05, 3.63) is 0 Å². The Labute approximate surface area is 119 Å². The molecule has 0 radical (unpaired) electrons. The Kier molecular flexibility index (Phi) is 4.81. The van der Waals surface area contributed by atoms with Gasteiger partial charge in [0.2, 0.25) is 0 Å². The Morgan fingerprint density at radius 3 is 2.32 bits per heavy atom. The van der Waals surface area contributed by atoms with Crippen LogP contribution >= 0.6 is 0 Å². The lowest BCUT2D eigenvalue weighted by atomic mass is 9.75. The molecule has 2 aliphatic carbocycles. The quantitative estimate of drug-likeness (QED) is 0.844. The van der Waals surface area contributed by atoms with Crippen LogP contribution in [0.5, 0.6) is 0 Å². The molecule has 3 fully saturated rings. The van der Waals surface area contributed by atoms with Crippen LogP contribution in [0.15, 0.2) is 0 Å². The summed E-state index contributed by atoms with van der Waals surface area (Å²) in [7, 11) is 0. The number of hydrogen-bond donors (Lipinski definition) is 1. The van der Waals surface area contributed by atoms with Crippen LogP contribution in [0.25, 0.3) is 0 Å². The maximum absolute atomic E-state index is 6.21. The van der Waals surface area contributed by atoms with Crippen molar-refractivity contribution in [3.63, 3.8) is 0 Å². The minimum atomic E-state index is 0.700. The van der Waals surface area contributed by atoms with Gasteiger partial charge in [-0.2, -0.15) is 0 Å². The van der Waals surface area contributed by atoms with Crippen LogP contribution < -0.4 is 5.73 Å². The summed E-state index contributed by atoms with van der Waals surface area (Å²) in [6.45, 7) is 2.23. The van der Waals surface area contributed by atoms with Gasteiger partial charge in [0, 0.05) is 18.6 Å². The number of rotatable bonds is 3. The first kappa shape index (κ1) is 13.9. The van der Waals surface area contributed by atoms with E-state index in [-0.39, 0.29) is 0 Å². The molecule has 2 saturated carbocycles. The Balaban J connectivity index is 1.69. The number of hydrogen-bond acceptors (Lipinski definition) is 2. The summed E-state index contributed by atoms with van der Waals surface area (Å²) in [5, 5.41) is 0. The van der Waals surface area contributed by atoms with Gasteiger partial charge in [-0.25, -0.2) is 0 Å². The van der Waals surface area contributed by atoms with Crippen LogP contribution in [0.4, 0.5) is 0 Å². The van der Waals surface area contributed by atoms with Crippen LogP contribution in [-0.2, 0) is 0 Å². The minimum Gasteiger partial charge on any atom is -0.329 e. The largest absolute Gasteiger partial charge is 0.329 e. The van der Waals surface area contributed by atoms with Crippen molar-refractivity contribution in [2.45, 2.75) is 82.7 Å². The number of nitrogens with two attached hydrogens (primary N) is 1. The van der Waals surface area contributed by atoms with Crippen molar-refractivity contribution in [2.24, 2.45) is 17.6 Å². The van der Waals surface area contributed by atoms with Gasteiger partial charge in [-0.15, -0.1) is 0 Å². The molecular formula is C17H32N2. The Bertz CT molecular complexity index is 270. The molecule has 0 aromatic carbocycles. The molecule has 0 aromatic rings. The fraction of sp³-hybridized carbons (Fsp3) is 1.00. The summed E-state index contributed by atoms with van der Waals surface area (Å²) in [6, 6.07) is 1.59. The van der Waals surface area contributed by atoms with Gasteiger partial charge in [0.1, 0.15) is 0 Å². The first-order chi connectivity index (χ1) is 9.40. The third kappa shape index (κ3) is 3.00. The predicted octanol–water partition coefficient (Wildman–Crippen LogP) is 3.55. The van der Waals surface area contributed by atoms with Crippen molar-refractivity contribution in [1.82, 2.24) is 4.90 Å². The molecule has 1 heterocycles. The molecule has 2 heteroatoms. The maximum Gasteiger partial charge on any atom is 0.0249 e. The number of piperidine rings is 1. The molecular weight excluding hydrogens is 232 g/mol. The van der Waals surface area contributed by atoms with E-state index in [1.807, 2.05) is 0 Å². The number of nitrogens with zero attached hydrogens (tertiary/aromatic N) is 1. The molecule has 3 aliphatic rings. The van der Waals surface area contributed by atoms with E-state index < -0.39 is 0 Å². The molecule has 0 aromatic heterocycles. The van der Waals surface area contributed by atoms with Gasteiger partial charge in [-0.1, -0.05) is 32.1 Å². The molecule has 0 bridgehead atoms. The highest BCUT2D eigenvalue weighted by atomic mass is 15.2. The zero-order chi connectivity index (χ0) is 13.1. The fourth-order valence-corrected chi connectivity index (χ4v) is 5.19. The molecule has 1 saturated heterocycles. The normalized spacial score (nSPS) is 35.8. The van der Waals surface area contributed by atoms with Gasteiger partial charge in [-0.3, -0.25) is 4.90 Å². The molecule has 2 nitrogen and oxygen atoms in total. The van der Waals surface area contributed by atoms with Crippen molar-refractivity contribution in [3.8, 4) is 0 Å². The lowest BCUT2D eigenvalue weighted by Crippen LogP contribution is -2.56. The molecule has 19 heavy (non-hydrogen) atoms. The lowest BCUT2D eigenvalue weighted by molar-refractivity contribution is 0.00116. The Morgan fingerprint density at radius 1 is 0.842 bits per heavy atom. The minimum absolute atomic E-state index is 0.700. The van der Waals surface area contributed by atoms with E-state index >= 15 is 0 Å². The highest BCUT2D eigenvalue weighted by Gasteiger charge is 2.38. The predicted molar refractivity (Wildman–Crippen MR) is 81.1 cm³/mol. The van der Waals surface area contributed by atoms with Crippen LogP contribution in [0.2, 0.25) is 0 Å². The molecule has 0 spiro atoms. The highest BCUT2D eigenvalue weighted by molar-refractivity contribution is 4.93. The summed E-state index contributed by atoms with van der Waals surface area (Å²) in [5.74, 6) is 1.90. The van der Waals surface area contributed by atoms with Gasteiger partial charge in [0.05, 0.1) is 0 Å². The van der Waals surface area contributed by atoms with Gasteiger partial charge in [-0.05, 0) is 56.9 Å². The fourth-order valence-electron chi connectivity index (χ4n) is 5.19. The molecule has 3 rings (SSSR count). The molecule has 110 valence electrons. The summed E-state index contributed by atoms with van der Waals surface area (Å²) in [6.07, 6.45) is 16.0. The topological polar surface area (TPSA) is 29.3 Å². The zero-order valence-corrected chi connectivity index (χ0v) is 12.5. The van der Waals surface area contributed by atoms with Gasteiger partial charge in [0.15, 0.2) is 0 Å². The molecule has 1 unspecified atom stereocenters. The van der Waals surface area contributed by atoms with Crippen LogP contribution in [0.3, 0.4) is 0 Å². The second-order valence-electron chi connectivity index (χ2n) is 7.19.